The minimum absolute atomic E-state index is 0. The summed E-state index contributed by atoms with van der Waals surface area (Å²) < 4.78 is 0. The van der Waals surface area contributed by atoms with E-state index in [4.69, 9.17) is 5.73 Å². The van der Waals surface area contributed by atoms with Crippen LogP contribution in [0.15, 0.2) is 18.3 Å². The maximum atomic E-state index is 10.4. The Morgan fingerprint density at radius 2 is 2.36 bits per heavy atom. The Morgan fingerprint density at radius 3 is 2.93 bits per heavy atom. The third-order valence-corrected chi connectivity index (χ3v) is 1.45. The van der Waals surface area contributed by atoms with Gasteiger partial charge in [0.15, 0.2) is 0 Å². The summed E-state index contributed by atoms with van der Waals surface area (Å²) in [6, 6.07) is 2.79. The fraction of sp³-hybridized carbons (Fsp3) is 0.250. The summed E-state index contributed by atoms with van der Waals surface area (Å²) in [5.74, 6) is -0.717. The number of anilines is 1. The topological polar surface area (TPSA) is 91.1 Å². The zero-order valence-electron chi connectivity index (χ0n) is 7.99. The Bertz CT molecular complexity index is 306. The zero-order chi connectivity index (χ0) is 9.68. The van der Waals surface area contributed by atoms with Crippen LogP contribution < -0.4 is 67.5 Å². The Morgan fingerprint density at radius 1 is 1.64 bits per heavy atom. The monoisotopic (exact) mass is 219 g/mol. The summed E-state index contributed by atoms with van der Waals surface area (Å²) in [5.41, 5.74) is 5.36. The molecule has 1 aromatic heterocycles. The molecule has 1 rings (SSSR count). The van der Waals surface area contributed by atoms with Crippen LogP contribution in [-0.2, 0) is 0 Å². The molecule has 1 heterocycles. The van der Waals surface area contributed by atoms with Crippen LogP contribution in [0.1, 0.15) is 10.4 Å². The van der Waals surface area contributed by atoms with Gasteiger partial charge in [0.25, 0.3) is 0 Å². The van der Waals surface area contributed by atoms with E-state index >= 15 is 0 Å². The number of aromatic carboxylic acids is 1. The number of rotatable bonds is 4. The predicted molar refractivity (Wildman–Crippen MR) is 46.1 cm³/mol. The van der Waals surface area contributed by atoms with Crippen molar-refractivity contribution in [1.29, 1.82) is 0 Å². The molecular weight excluding hydrogens is 209 g/mol. The van der Waals surface area contributed by atoms with Gasteiger partial charge >= 0.3 is 51.4 Å². The van der Waals surface area contributed by atoms with Crippen LogP contribution in [0.5, 0.6) is 0 Å². The zero-order valence-corrected chi connectivity index (χ0v) is 11.1. The van der Waals surface area contributed by atoms with Crippen LogP contribution in [0.3, 0.4) is 0 Å². The van der Waals surface area contributed by atoms with Crippen LogP contribution in [0.2, 0.25) is 0 Å². The van der Waals surface area contributed by atoms with Gasteiger partial charge < -0.3 is 21.0 Å². The molecule has 0 aliphatic carbocycles. The molecule has 0 aliphatic rings. The van der Waals surface area contributed by atoms with Crippen molar-refractivity contribution in [3.05, 3.63) is 23.9 Å². The maximum absolute atomic E-state index is 10.4. The largest absolute Gasteiger partial charge is 1.00 e. The van der Waals surface area contributed by atoms with Crippen LogP contribution in [0.4, 0.5) is 5.82 Å². The van der Waals surface area contributed by atoms with E-state index in [1.54, 1.807) is 0 Å². The SMILES string of the molecule is NCCNc1cc(C(=O)[O-])ccn1.[K+]. The first kappa shape index (κ1) is 14.0. The van der Waals surface area contributed by atoms with E-state index in [-0.39, 0.29) is 56.9 Å². The number of carboxylic acid groups (broad SMARTS) is 1. The quantitative estimate of drug-likeness (QED) is 0.501. The van der Waals surface area contributed by atoms with Gasteiger partial charge in [-0.3, -0.25) is 0 Å². The molecule has 0 bridgehead atoms. The molecule has 3 N–H and O–H groups in total. The predicted octanol–water partition coefficient (Wildman–Crippen LogP) is -4.18. The fourth-order valence-corrected chi connectivity index (χ4v) is 0.854. The van der Waals surface area contributed by atoms with Crippen LogP contribution >= 0.6 is 0 Å². The molecular formula is C8H10KN3O2. The first-order valence-electron chi connectivity index (χ1n) is 3.85. The van der Waals surface area contributed by atoms with Crippen molar-refractivity contribution >= 4 is 11.8 Å². The van der Waals surface area contributed by atoms with Gasteiger partial charge in [-0.25, -0.2) is 4.98 Å². The molecule has 0 radical (unpaired) electrons. The molecule has 70 valence electrons. The number of hydrogen-bond acceptors (Lipinski definition) is 5. The Labute approximate surface area is 125 Å². The van der Waals surface area contributed by atoms with E-state index in [9.17, 15) is 9.90 Å². The number of nitrogens with zero attached hydrogens (tertiary/aromatic N) is 1. The molecule has 0 atom stereocenters. The molecule has 5 nitrogen and oxygen atoms in total. The second-order valence-electron chi connectivity index (χ2n) is 2.43. The van der Waals surface area contributed by atoms with Crippen molar-refractivity contribution in [1.82, 2.24) is 4.98 Å². The molecule has 1 aromatic rings. The molecule has 0 fully saturated rings. The Balaban J connectivity index is 0.00000169. The molecule has 0 saturated carbocycles. The third-order valence-electron chi connectivity index (χ3n) is 1.45. The average Bonchev–Trinajstić information content (AvgIpc) is 2.15. The van der Waals surface area contributed by atoms with Gasteiger partial charge in [-0.15, -0.1) is 0 Å². The molecule has 0 spiro atoms. The number of carboxylic acids is 1. The van der Waals surface area contributed by atoms with E-state index in [1.807, 2.05) is 0 Å². The smallest absolute Gasteiger partial charge is 0.545 e. The summed E-state index contributed by atoms with van der Waals surface area (Å²) in [6.07, 6.45) is 1.41. The summed E-state index contributed by atoms with van der Waals surface area (Å²) in [7, 11) is 0. The second-order valence-corrected chi connectivity index (χ2v) is 2.43. The molecule has 0 unspecified atom stereocenters. The number of pyridine rings is 1. The molecule has 0 amide bonds. The summed E-state index contributed by atoms with van der Waals surface area (Å²) in [5, 5.41) is 13.3. The molecule has 14 heavy (non-hydrogen) atoms. The molecule has 0 saturated heterocycles. The summed E-state index contributed by atoms with van der Waals surface area (Å²) >= 11 is 0. The molecule has 6 heteroatoms. The number of carbonyl (C=O) groups excluding carboxylic acids is 1. The van der Waals surface area contributed by atoms with Gasteiger partial charge in [0.05, 0.1) is 5.97 Å². The van der Waals surface area contributed by atoms with Gasteiger partial charge in [0.2, 0.25) is 0 Å². The average molecular weight is 219 g/mol. The van der Waals surface area contributed by atoms with Gasteiger partial charge in [0, 0.05) is 24.8 Å². The molecule has 0 aliphatic heterocycles. The number of carbonyl (C=O) groups is 1. The van der Waals surface area contributed by atoms with Crippen molar-refractivity contribution in [2.45, 2.75) is 0 Å². The van der Waals surface area contributed by atoms with Crippen LogP contribution in [0.25, 0.3) is 0 Å². The Hall–Kier alpha value is 0.0164. The van der Waals surface area contributed by atoms with E-state index in [0.29, 0.717) is 18.9 Å². The van der Waals surface area contributed by atoms with Crippen molar-refractivity contribution in [3.8, 4) is 0 Å². The first-order valence-corrected chi connectivity index (χ1v) is 3.85. The van der Waals surface area contributed by atoms with Gasteiger partial charge in [-0.2, -0.15) is 0 Å². The number of nitrogens with one attached hydrogen (secondary N) is 1. The van der Waals surface area contributed by atoms with Crippen molar-refractivity contribution in [2.75, 3.05) is 18.4 Å². The third kappa shape index (κ3) is 4.49. The normalized spacial score (nSPS) is 8.93. The minimum Gasteiger partial charge on any atom is -0.545 e. The van der Waals surface area contributed by atoms with Crippen molar-refractivity contribution in [2.24, 2.45) is 5.73 Å². The number of hydrogen-bond donors (Lipinski definition) is 2. The van der Waals surface area contributed by atoms with Gasteiger partial charge in [-0.05, 0) is 12.1 Å². The fourth-order valence-electron chi connectivity index (χ4n) is 0.854. The van der Waals surface area contributed by atoms with E-state index < -0.39 is 5.97 Å². The first-order chi connectivity index (χ1) is 6.24. The number of aromatic nitrogens is 1. The standard InChI is InChI=1S/C8H11N3O2.K/c9-2-4-11-7-5-6(8(12)13)1-3-10-7;/h1,3,5H,2,4,9H2,(H,10,11)(H,12,13);/q;+1/p-1. The van der Waals surface area contributed by atoms with E-state index in [0.717, 1.165) is 0 Å². The van der Waals surface area contributed by atoms with E-state index in [2.05, 4.69) is 10.3 Å². The summed E-state index contributed by atoms with van der Waals surface area (Å²) in [4.78, 5) is 14.3. The number of nitrogens with two attached hydrogens (primary N) is 1. The molecule has 0 aromatic carbocycles. The van der Waals surface area contributed by atoms with Crippen LogP contribution in [-0.4, -0.2) is 24.0 Å². The minimum atomic E-state index is -1.21. The van der Waals surface area contributed by atoms with Gasteiger partial charge in [-0.1, -0.05) is 0 Å². The Kier molecular flexibility index (Phi) is 7.34. The summed E-state index contributed by atoms with van der Waals surface area (Å²) in [6.45, 7) is 1.03. The van der Waals surface area contributed by atoms with Crippen LogP contribution in [0, 0.1) is 0 Å². The maximum Gasteiger partial charge on any atom is 1.00 e. The van der Waals surface area contributed by atoms with Gasteiger partial charge in [0.1, 0.15) is 5.82 Å². The second kappa shape index (κ2) is 7.33. The van der Waals surface area contributed by atoms with Crippen molar-refractivity contribution in [3.63, 3.8) is 0 Å². The van der Waals surface area contributed by atoms with E-state index in [1.165, 1.54) is 18.3 Å². The van der Waals surface area contributed by atoms with Crippen molar-refractivity contribution < 1.29 is 61.3 Å².